The minimum Gasteiger partial charge on any atom is -0.364 e. The number of anilines is 1. The fraction of sp³-hybridized carbons (Fsp3) is 0.267. The van der Waals surface area contributed by atoms with E-state index in [9.17, 15) is 9.59 Å². The second-order valence-corrected chi connectivity index (χ2v) is 5.00. The van der Waals surface area contributed by atoms with Crippen molar-refractivity contribution >= 4 is 17.5 Å². The third-order valence-corrected chi connectivity index (χ3v) is 3.37. The SMILES string of the molecule is Cc1ccccc1C(C)C(=O)Nc1cn(C)nc1C(N)=O. The Morgan fingerprint density at radius 2 is 2.00 bits per heavy atom. The molecule has 0 radical (unpaired) electrons. The van der Waals surface area contributed by atoms with Gasteiger partial charge in [0.05, 0.1) is 11.6 Å². The van der Waals surface area contributed by atoms with Gasteiger partial charge in [-0.2, -0.15) is 5.10 Å². The summed E-state index contributed by atoms with van der Waals surface area (Å²) in [4.78, 5) is 23.7. The molecule has 6 nitrogen and oxygen atoms in total. The van der Waals surface area contributed by atoms with Gasteiger partial charge in [-0.15, -0.1) is 0 Å². The van der Waals surface area contributed by atoms with E-state index in [0.717, 1.165) is 11.1 Å². The smallest absolute Gasteiger partial charge is 0.271 e. The summed E-state index contributed by atoms with van der Waals surface area (Å²) in [5.41, 5.74) is 7.62. The summed E-state index contributed by atoms with van der Waals surface area (Å²) in [6, 6.07) is 7.69. The van der Waals surface area contributed by atoms with Crippen molar-refractivity contribution in [1.82, 2.24) is 9.78 Å². The zero-order valence-electron chi connectivity index (χ0n) is 12.3. The van der Waals surface area contributed by atoms with E-state index in [1.165, 1.54) is 4.68 Å². The molecule has 3 N–H and O–H groups in total. The monoisotopic (exact) mass is 286 g/mol. The number of hydrogen-bond donors (Lipinski definition) is 2. The number of amides is 2. The Labute approximate surface area is 122 Å². The van der Waals surface area contributed by atoms with E-state index in [0.29, 0.717) is 5.69 Å². The molecule has 0 aliphatic carbocycles. The van der Waals surface area contributed by atoms with E-state index in [1.807, 2.05) is 38.1 Å². The average molecular weight is 286 g/mol. The molecule has 0 saturated heterocycles. The highest BCUT2D eigenvalue weighted by Crippen LogP contribution is 2.22. The van der Waals surface area contributed by atoms with Crippen molar-refractivity contribution in [3.8, 4) is 0 Å². The first kappa shape index (κ1) is 14.8. The number of nitrogens with one attached hydrogen (secondary N) is 1. The van der Waals surface area contributed by atoms with Gasteiger partial charge in [0.1, 0.15) is 0 Å². The van der Waals surface area contributed by atoms with Crippen LogP contribution in [0.1, 0.15) is 34.5 Å². The van der Waals surface area contributed by atoms with Gasteiger partial charge in [0.2, 0.25) is 5.91 Å². The first-order chi connectivity index (χ1) is 9.90. The highest BCUT2D eigenvalue weighted by Gasteiger charge is 2.20. The lowest BCUT2D eigenvalue weighted by Gasteiger charge is -2.14. The number of primary amides is 1. The number of nitrogens with zero attached hydrogens (tertiary/aromatic N) is 2. The molecular formula is C15H18N4O2. The Morgan fingerprint density at radius 1 is 1.33 bits per heavy atom. The molecule has 6 heteroatoms. The van der Waals surface area contributed by atoms with Crippen molar-refractivity contribution in [3.05, 3.63) is 47.3 Å². The molecule has 0 fully saturated rings. The van der Waals surface area contributed by atoms with Gasteiger partial charge in [-0.25, -0.2) is 0 Å². The minimum atomic E-state index is -0.672. The zero-order chi connectivity index (χ0) is 15.6. The van der Waals surface area contributed by atoms with Crippen molar-refractivity contribution in [2.75, 3.05) is 5.32 Å². The van der Waals surface area contributed by atoms with Crippen LogP contribution in [-0.4, -0.2) is 21.6 Å². The van der Waals surface area contributed by atoms with Gasteiger partial charge in [0, 0.05) is 13.2 Å². The van der Waals surface area contributed by atoms with E-state index in [4.69, 9.17) is 5.73 Å². The van der Waals surface area contributed by atoms with Crippen molar-refractivity contribution in [2.24, 2.45) is 12.8 Å². The third kappa shape index (κ3) is 3.10. The molecule has 2 rings (SSSR count). The fourth-order valence-electron chi connectivity index (χ4n) is 2.22. The van der Waals surface area contributed by atoms with Gasteiger partial charge in [-0.1, -0.05) is 24.3 Å². The molecule has 21 heavy (non-hydrogen) atoms. The van der Waals surface area contributed by atoms with Crippen molar-refractivity contribution < 1.29 is 9.59 Å². The molecule has 110 valence electrons. The number of benzene rings is 1. The van der Waals surface area contributed by atoms with Crippen LogP contribution in [0.15, 0.2) is 30.5 Å². The van der Waals surface area contributed by atoms with Crippen LogP contribution >= 0.6 is 0 Å². The van der Waals surface area contributed by atoms with Crippen LogP contribution in [-0.2, 0) is 11.8 Å². The Kier molecular flexibility index (Phi) is 4.07. The first-order valence-electron chi connectivity index (χ1n) is 6.60. The maximum Gasteiger partial charge on any atom is 0.271 e. The molecule has 0 aliphatic heterocycles. The van der Waals surface area contributed by atoms with Gasteiger partial charge in [-0.3, -0.25) is 14.3 Å². The molecular weight excluding hydrogens is 268 g/mol. The summed E-state index contributed by atoms with van der Waals surface area (Å²) in [7, 11) is 1.66. The molecule has 1 atom stereocenters. The van der Waals surface area contributed by atoms with Crippen LogP contribution in [0, 0.1) is 6.92 Å². The lowest BCUT2D eigenvalue weighted by atomic mass is 9.96. The van der Waals surface area contributed by atoms with Crippen LogP contribution in [0.5, 0.6) is 0 Å². The molecule has 0 saturated carbocycles. The Hall–Kier alpha value is -2.63. The van der Waals surface area contributed by atoms with E-state index in [2.05, 4.69) is 10.4 Å². The highest BCUT2D eigenvalue weighted by molar-refractivity contribution is 6.03. The Balaban J connectivity index is 2.22. The van der Waals surface area contributed by atoms with Gasteiger partial charge in [0.15, 0.2) is 5.69 Å². The normalized spacial score (nSPS) is 12.0. The Bertz CT molecular complexity index is 691. The summed E-state index contributed by atoms with van der Waals surface area (Å²) >= 11 is 0. The van der Waals surface area contributed by atoms with Crippen LogP contribution in [0.3, 0.4) is 0 Å². The molecule has 0 spiro atoms. The molecule has 1 aromatic heterocycles. The summed E-state index contributed by atoms with van der Waals surface area (Å²) < 4.78 is 1.44. The summed E-state index contributed by atoms with van der Waals surface area (Å²) in [6.45, 7) is 3.77. The fourth-order valence-corrected chi connectivity index (χ4v) is 2.22. The van der Waals surface area contributed by atoms with Crippen LogP contribution in [0.2, 0.25) is 0 Å². The van der Waals surface area contributed by atoms with E-state index >= 15 is 0 Å². The predicted molar refractivity (Wildman–Crippen MR) is 79.9 cm³/mol. The number of hydrogen-bond acceptors (Lipinski definition) is 3. The molecule has 1 unspecified atom stereocenters. The summed E-state index contributed by atoms with van der Waals surface area (Å²) in [6.07, 6.45) is 1.56. The molecule has 0 aliphatic rings. The summed E-state index contributed by atoms with van der Waals surface area (Å²) in [5, 5.41) is 6.66. The second-order valence-electron chi connectivity index (χ2n) is 5.00. The van der Waals surface area contributed by atoms with Crippen LogP contribution in [0.25, 0.3) is 0 Å². The second kappa shape index (κ2) is 5.78. The lowest BCUT2D eigenvalue weighted by molar-refractivity contribution is -0.117. The van der Waals surface area contributed by atoms with Gasteiger partial charge >= 0.3 is 0 Å². The van der Waals surface area contributed by atoms with Crippen molar-refractivity contribution in [2.45, 2.75) is 19.8 Å². The first-order valence-corrected chi connectivity index (χ1v) is 6.60. The number of nitrogens with two attached hydrogens (primary N) is 1. The zero-order valence-corrected chi connectivity index (χ0v) is 12.3. The molecule has 1 heterocycles. The quantitative estimate of drug-likeness (QED) is 0.894. The van der Waals surface area contributed by atoms with Crippen molar-refractivity contribution in [1.29, 1.82) is 0 Å². The van der Waals surface area contributed by atoms with E-state index in [1.54, 1.807) is 13.2 Å². The number of rotatable bonds is 4. The number of carbonyl (C=O) groups is 2. The molecule has 2 aromatic rings. The number of aryl methyl sites for hydroxylation is 2. The molecule has 1 aromatic carbocycles. The average Bonchev–Trinajstić information content (AvgIpc) is 2.79. The number of aromatic nitrogens is 2. The third-order valence-electron chi connectivity index (χ3n) is 3.37. The maximum absolute atomic E-state index is 12.3. The summed E-state index contributed by atoms with van der Waals surface area (Å²) in [5.74, 6) is -1.22. The predicted octanol–water partition coefficient (Wildman–Crippen LogP) is 1.57. The van der Waals surface area contributed by atoms with E-state index < -0.39 is 5.91 Å². The van der Waals surface area contributed by atoms with Crippen LogP contribution < -0.4 is 11.1 Å². The molecule has 0 bridgehead atoms. The number of carbonyl (C=O) groups excluding carboxylic acids is 2. The standard InChI is InChI=1S/C15H18N4O2/c1-9-6-4-5-7-11(9)10(2)15(21)17-12-8-19(3)18-13(12)14(16)20/h4-8,10H,1-3H3,(H2,16,20)(H,17,21). The van der Waals surface area contributed by atoms with Gasteiger partial charge < -0.3 is 11.1 Å². The molecule has 2 amide bonds. The topological polar surface area (TPSA) is 90.0 Å². The van der Waals surface area contributed by atoms with Crippen LogP contribution in [0.4, 0.5) is 5.69 Å². The Morgan fingerprint density at radius 3 is 2.62 bits per heavy atom. The lowest BCUT2D eigenvalue weighted by Crippen LogP contribution is -2.22. The largest absolute Gasteiger partial charge is 0.364 e. The van der Waals surface area contributed by atoms with Gasteiger partial charge in [-0.05, 0) is 25.0 Å². The van der Waals surface area contributed by atoms with Gasteiger partial charge in [0.25, 0.3) is 5.91 Å². The highest BCUT2D eigenvalue weighted by atomic mass is 16.2. The van der Waals surface area contributed by atoms with Crippen molar-refractivity contribution in [3.63, 3.8) is 0 Å². The minimum absolute atomic E-state index is 0.0582. The van der Waals surface area contributed by atoms with E-state index in [-0.39, 0.29) is 17.5 Å². The maximum atomic E-state index is 12.3.